The highest BCUT2D eigenvalue weighted by Gasteiger charge is 2.19. The zero-order chi connectivity index (χ0) is 10.8. The average Bonchev–Trinajstić information content (AvgIpc) is 2.66. The van der Waals surface area contributed by atoms with E-state index in [1.54, 1.807) is 7.11 Å². The lowest BCUT2D eigenvalue weighted by Gasteiger charge is -2.00. The van der Waals surface area contributed by atoms with Crippen molar-refractivity contribution in [1.82, 2.24) is 0 Å². The molecule has 0 spiro atoms. The molecule has 0 unspecified atom stereocenters. The first kappa shape index (κ1) is 9.98. The topological polar surface area (TPSA) is 35.5 Å². The smallest absolute Gasteiger partial charge is 0.343 e. The molecule has 0 fully saturated rings. The Morgan fingerprint density at radius 3 is 2.67 bits per heavy atom. The molecule has 1 aromatic heterocycles. The molecule has 0 bridgehead atoms. The molecule has 0 aliphatic heterocycles. The van der Waals surface area contributed by atoms with Crippen molar-refractivity contribution in [1.29, 1.82) is 0 Å². The third-order valence-electron chi connectivity index (χ3n) is 2.14. The van der Waals surface area contributed by atoms with Crippen LogP contribution in [-0.2, 0) is 4.74 Å². The van der Waals surface area contributed by atoms with Gasteiger partial charge in [0.1, 0.15) is 5.56 Å². The summed E-state index contributed by atoms with van der Waals surface area (Å²) >= 11 is 1.44. The maximum atomic E-state index is 11.6. The number of hydrogen-bond acceptors (Lipinski definition) is 4. The van der Waals surface area contributed by atoms with Gasteiger partial charge in [-0.15, -0.1) is 0 Å². The lowest BCUT2D eigenvalue weighted by Crippen LogP contribution is -2.01. The molecule has 0 saturated carbocycles. The zero-order valence-electron chi connectivity index (χ0n) is 8.44. The molecule has 78 valence electrons. The van der Waals surface area contributed by atoms with Crippen molar-refractivity contribution in [2.24, 2.45) is 0 Å². The zero-order valence-corrected chi connectivity index (χ0v) is 9.26. The quantitative estimate of drug-likeness (QED) is 0.733. The Kier molecular flexibility index (Phi) is 2.60. The Balaban J connectivity index is 2.72. The Bertz CT molecular complexity index is 502. The second kappa shape index (κ2) is 3.90. The third kappa shape index (κ3) is 1.57. The minimum absolute atomic E-state index is 0.357. The van der Waals surface area contributed by atoms with Crippen LogP contribution < -0.4 is 4.74 Å². The molecule has 0 amide bonds. The molecule has 0 radical (unpaired) electrons. The summed E-state index contributed by atoms with van der Waals surface area (Å²) < 4.78 is 10.9. The van der Waals surface area contributed by atoms with Gasteiger partial charge in [-0.25, -0.2) is 4.79 Å². The highest BCUT2D eigenvalue weighted by atomic mass is 32.1. The van der Waals surface area contributed by atoms with E-state index in [0.29, 0.717) is 10.6 Å². The molecular formula is C11H10O3S. The van der Waals surface area contributed by atoms with Crippen molar-refractivity contribution in [3.05, 3.63) is 29.8 Å². The van der Waals surface area contributed by atoms with Gasteiger partial charge >= 0.3 is 5.97 Å². The maximum absolute atomic E-state index is 11.6. The van der Waals surface area contributed by atoms with Crippen molar-refractivity contribution in [3.63, 3.8) is 0 Å². The number of rotatable bonds is 2. The molecule has 0 saturated heterocycles. The summed E-state index contributed by atoms with van der Waals surface area (Å²) in [5.41, 5.74) is 0.514. The van der Waals surface area contributed by atoms with Gasteiger partial charge in [0.25, 0.3) is 0 Å². The lowest BCUT2D eigenvalue weighted by atomic mass is 10.2. The van der Waals surface area contributed by atoms with E-state index in [1.165, 1.54) is 18.4 Å². The highest BCUT2D eigenvalue weighted by Crippen LogP contribution is 2.37. The fourth-order valence-electron chi connectivity index (χ4n) is 1.46. The van der Waals surface area contributed by atoms with Crippen LogP contribution in [0.3, 0.4) is 0 Å². The van der Waals surface area contributed by atoms with E-state index in [1.807, 2.05) is 24.3 Å². The number of thiophene rings is 1. The summed E-state index contributed by atoms with van der Waals surface area (Å²) in [5, 5.41) is 1.48. The number of carbonyl (C=O) groups excluding carboxylic acids is 1. The molecule has 3 nitrogen and oxygen atoms in total. The minimum atomic E-state index is -0.357. The summed E-state index contributed by atoms with van der Waals surface area (Å²) in [6.07, 6.45) is 0. The largest absolute Gasteiger partial charge is 0.487 e. The predicted octanol–water partition coefficient (Wildman–Crippen LogP) is 2.70. The molecule has 4 heteroatoms. The fraction of sp³-hybridized carbons (Fsp3) is 0.182. The first-order valence-corrected chi connectivity index (χ1v) is 5.23. The third-order valence-corrected chi connectivity index (χ3v) is 3.27. The van der Waals surface area contributed by atoms with Crippen LogP contribution in [0.4, 0.5) is 0 Å². The first-order valence-electron chi connectivity index (χ1n) is 4.41. The monoisotopic (exact) mass is 222 g/mol. The van der Waals surface area contributed by atoms with E-state index in [2.05, 4.69) is 0 Å². The molecule has 1 aromatic carbocycles. The normalized spacial score (nSPS) is 10.3. The Hall–Kier alpha value is -1.55. The van der Waals surface area contributed by atoms with Gasteiger partial charge in [-0.1, -0.05) is 29.5 Å². The van der Waals surface area contributed by atoms with E-state index in [4.69, 9.17) is 9.47 Å². The molecule has 0 aliphatic rings. The fourth-order valence-corrected chi connectivity index (χ4v) is 2.47. The predicted molar refractivity (Wildman–Crippen MR) is 59.7 cm³/mol. The van der Waals surface area contributed by atoms with Crippen LogP contribution in [0.25, 0.3) is 10.1 Å². The van der Waals surface area contributed by atoms with Crippen molar-refractivity contribution in [2.75, 3.05) is 14.2 Å². The van der Waals surface area contributed by atoms with Gasteiger partial charge in [0.05, 0.1) is 14.2 Å². The van der Waals surface area contributed by atoms with E-state index >= 15 is 0 Å². The van der Waals surface area contributed by atoms with E-state index in [0.717, 1.165) is 10.1 Å². The standard InChI is InChI=1S/C11H10O3S/c1-13-10(12)9-7-5-3-4-6-8(7)15-11(9)14-2/h3-6H,1-2H3. The van der Waals surface area contributed by atoms with Crippen LogP contribution in [0.1, 0.15) is 10.4 Å². The Morgan fingerprint density at radius 2 is 2.00 bits per heavy atom. The number of carbonyl (C=O) groups is 1. The number of benzene rings is 1. The molecule has 1 heterocycles. The van der Waals surface area contributed by atoms with Gasteiger partial charge in [0, 0.05) is 10.1 Å². The second-order valence-electron chi connectivity index (χ2n) is 2.96. The van der Waals surface area contributed by atoms with Crippen LogP contribution in [-0.4, -0.2) is 20.2 Å². The second-order valence-corrected chi connectivity index (χ2v) is 3.97. The molecule has 0 N–H and O–H groups in total. The van der Waals surface area contributed by atoms with Crippen LogP contribution >= 0.6 is 11.3 Å². The molecular weight excluding hydrogens is 212 g/mol. The molecule has 0 aliphatic carbocycles. The number of methoxy groups -OCH3 is 2. The van der Waals surface area contributed by atoms with Gasteiger partial charge in [-0.2, -0.15) is 0 Å². The van der Waals surface area contributed by atoms with Crippen LogP contribution in [0.5, 0.6) is 5.06 Å². The van der Waals surface area contributed by atoms with Crippen molar-refractivity contribution in [2.45, 2.75) is 0 Å². The number of esters is 1. The number of ether oxygens (including phenoxy) is 2. The summed E-state index contributed by atoms with van der Waals surface area (Å²) in [5.74, 6) is -0.357. The first-order chi connectivity index (χ1) is 7.27. The Labute approximate surface area is 91.2 Å². The van der Waals surface area contributed by atoms with Gasteiger partial charge in [-0.3, -0.25) is 0 Å². The van der Waals surface area contributed by atoms with Gasteiger partial charge in [0.2, 0.25) is 0 Å². The molecule has 2 rings (SSSR count). The SMILES string of the molecule is COC(=O)c1c(OC)sc2ccccc12. The van der Waals surface area contributed by atoms with Crippen molar-refractivity contribution < 1.29 is 14.3 Å². The van der Waals surface area contributed by atoms with E-state index in [-0.39, 0.29) is 5.97 Å². The van der Waals surface area contributed by atoms with Crippen molar-refractivity contribution in [3.8, 4) is 5.06 Å². The van der Waals surface area contributed by atoms with Crippen molar-refractivity contribution >= 4 is 27.4 Å². The lowest BCUT2D eigenvalue weighted by molar-refractivity contribution is 0.0600. The summed E-state index contributed by atoms with van der Waals surface area (Å²) in [6, 6.07) is 7.66. The molecule has 2 aromatic rings. The van der Waals surface area contributed by atoms with E-state index < -0.39 is 0 Å². The minimum Gasteiger partial charge on any atom is -0.487 e. The van der Waals surface area contributed by atoms with Crippen LogP contribution in [0.15, 0.2) is 24.3 Å². The highest BCUT2D eigenvalue weighted by molar-refractivity contribution is 7.21. The summed E-state index contributed by atoms with van der Waals surface area (Å²) in [7, 11) is 2.92. The summed E-state index contributed by atoms with van der Waals surface area (Å²) in [4.78, 5) is 11.6. The van der Waals surface area contributed by atoms with Gasteiger partial charge < -0.3 is 9.47 Å². The number of hydrogen-bond donors (Lipinski definition) is 0. The summed E-state index contributed by atoms with van der Waals surface area (Å²) in [6.45, 7) is 0. The maximum Gasteiger partial charge on any atom is 0.343 e. The van der Waals surface area contributed by atoms with Crippen LogP contribution in [0.2, 0.25) is 0 Å². The van der Waals surface area contributed by atoms with Crippen LogP contribution in [0, 0.1) is 0 Å². The number of fused-ring (bicyclic) bond motifs is 1. The molecule has 15 heavy (non-hydrogen) atoms. The average molecular weight is 222 g/mol. The molecule has 0 atom stereocenters. The van der Waals surface area contributed by atoms with E-state index in [9.17, 15) is 4.79 Å². The van der Waals surface area contributed by atoms with Gasteiger partial charge in [-0.05, 0) is 6.07 Å². The Morgan fingerprint density at radius 1 is 1.27 bits per heavy atom. The van der Waals surface area contributed by atoms with Gasteiger partial charge in [0.15, 0.2) is 5.06 Å².